The van der Waals surface area contributed by atoms with Crippen LogP contribution in [0.4, 0.5) is 22.0 Å². The van der Waals surface area contributed by atoms with Gasteiger partial charge in [-0.05, 0) is 40.9 Å². The molecule has 1 aromatic carbocycles. The molecule has 106 valence electrons. The molecule has 0 spiro atoms. The van der Waals surface area contributed by atoms with Crippen LogP contribution < -0.4 is 0 Å². The van der Waals surface area contributed by atoms with Gasteiger partial charge in [-0.3, -0.25) is 4.90 Å². The molecule has 1 nitrogen and oxygen atoms in total. The molecule has 0 atom stereocenters. The van der Waals surface area contributed by atoms with Gasteiger partial charge in [0, 0.05) is 18.2 Å². The van der Waals surface area contributed by atoms with Crippen molar-refractivity contribution >= 4 is 15.9 Å². The van der Waals surface area contributed by atoms with E-state index in [1.807, 2.05) is 0 Å². The Morgan fingerprint density at radius 2 is 1.84 bits per heavy atom. The summed E-state index contributed by atoms with van der Waals surface area (Å²) in [5.74, 6) is -1.67. The lowest BCUT2D eigenvalue weighted by Gasteiger charge is -2.24. The van der Waals surface area contributed by atoms with Crippen molar-refractivity contribution in [3.63, 3.8) is 0 Å². The van der Waals surface area contributed by atoms with Crippen LogP contribution >= 0.6 is 15.9 Å². The number of hydrogen-bond donors (Lipinski definition) is 0. The average molecular weight is 344 g/mol. The number of rotatable bonds is 4. The van der Waals surface area contributed by atoms with Gasteiger partial charge in [-0.1, -0.05) is 0 Å². The van der Waals surface area contributed by atoms with Crippen LogP contribution in [-0.2, 0) is 6.54 Å². The lowest BCUT2D eigenvalue weighted by atomic mass is 10.2. The molecule has 0 aliphatic heterocycles. The van der Waals surface area contributed by atoms with Crippen molar-refractivity contribution in [2.45, 2.75) is 31.6 Å². The zero-order valence-electron chi connectivity index (χ0n) is 9.78. The maximum absolute atomic E-state index is 13.7. The predicted octanol–water partition coefficient (Wildman–Crippen LogP) is 4.25. The zero-order valence-corrected chi connectivity index (χ0v) is 11.4. The van der Waals surface area contributed by atoms with Crippen LogP contribution in [0.3, 0.4) is 0 Å². The lowest BCUT2D eigenvalue weighted by Crippen LogP contribution is -2.36. The van der Waals surface area contributed by atoms with Gasteiger partial charge in [0.1, 0.15) is 11.6 Å². The summed E-state index contributed by atoms with van der Waals surface area (Å²) in [6, 6.07) is 2.00. The van der Waals surface area contributed by atoms with Crippen molar-refractivity contribution < 1.29 is 22.0 Å². The molecular formula is C12H11BrF5N. The summed E-state index contributed by atoms with van der Waals surface area (Å²) in [6.07, 6.45) is -3.11. The maximum Gasteiger partial charge on any atom is 0.401 e. The Kier molecular flexibility index (Phi) is 4.15. The topological polar surface area (TPSA) is 3.24 Å². The van der Waals surface area contributed by atoms with Gasteiger partial charge in [0.2, 0.25) is 0 Å². The van der Waals surface area contributed by atoms with Crippen LogP contribution in [0.1, 0.15) is 18.4 Å². The highest BCUT2D eigenvalue weighted by molar-refractivity contribution is 9.10. The van der Waals surface area contributed by atoms with E-state index in [9.17, 15) is 22.0 Å². The Balaban J connectivity index is 2.20. The lowest BCUT2D eigenvalue weighted by molar-refractivity contribution is -0.148. The smallest absolute Gasteiger partial charge is 0.287 e. The predicted molar refractivity (Wildman–Crippen MR) is 63.5 cm³/mol. The second kappa shape index (κ2) is 5.36. The van der Waals surface area contributed by atoms with Crippen LogP contribution in [0.25, 0.3) is 0 Å². The third-order valence-electron chi connectivity index (χ3n) is 2.95. The first-order valence-corrected chi connectivity index (χ1v) is 6.50. The third kappa shape index (κ3) is 3.89. The molecule has 7 heteroatoms. The second-order valence-corrected chi connectivity index (χ2v) is 5.43. The second-order valence-electron chi connectivity index (χ2n) is 4.57. The number of nitrogens with zero attached hydrogens (tertiary/aromatic N) is 1. The van der Waals surface area contributed by atoms with Crippen LogP contribution in [-0.4, -0.2) is 23.7 Å². The minimum atomic E-state index is -4.37. The molecule has 0 N–H and O–H groups in total. The summed E-state index contributed by atoms with van der Waals surface area (Å²) < 4.78 is 64.6. The molecule has 19 heavy (non-hydrogen) atoms. The van der Waals surface area contributed by atoms with Gasteiger partial charge < -0.3 is 0 Å². The molecule has 1 fully saturated rings. The normalized spacial score (nSPS) is 16.2. The SMILES string of the molecule is Fc1ccc(Br)c(F)c1CN(CC(F)(F)F)C1CC1. The molecule has 1 saturated carbocycles. The van der Waals surface area contributed by atoms with Gasteiger partial charge in [0.05, 0.1) is 11.0 Å². The molecule has 0 amide bonds. The monoisotopic (exact) mass is 343 g/mol. The standard InChI is InChI=1S/C12H11BrF5N/c13-9-3-4-10(14)8(11(9)15)5-19(7-1-2-7)6-12(16,17)18/h3-4,7H,1-2,5-6H2. The molecule has 0 unspecified atom stereocenters. The van der Waals surface area contributed by atoms with E-state index in [1.165, 1.54) is 6.07 Å². The van der Waals surface area contributed by atoms with E-state index in [4.69, 9.17) is 0 Å². The number of hydrogen-bond acceptors (Lipinski definition) is 1. The van der Waals surface area contributed by atoms with Gasteiger partial charge in [-0.15, -0.1) is 0 Å². The van der Waals surface area contributed by atoms with E-state index in [2.05, 4.69) is 15.9 Å². The fourth-order valence-electron chi connectivity index (χ4n) is 1.90. The largest absolute Gasteiger partial charge is 0.401 e. The van der Waals surface area contributed by atoms with Crippen molar-refractivity contribution in [1.29, 1.82) is 0 Å². The van der Waals surface area contributed by atoms with Gasteiger partial charge in [0.15, 0.2) is 0 Å². The van der Waals surface area contributed by atoms with Gasteiger partial charge in [-0.2, -0.15) is 13.2 Å². The minimum absolute atomic E-state index is 0.0478. The highest BCUT2D eigenvalue weighted by atomic mass is 79.9. The summed E-state index contributed by atoms with van der Waals surface area (Å²) in [6.45, 7) is -1.52. The first kappa shape index (κ1) is 14.7. The molecule has 0 heterocycles. The number of alkyl halides is 3. The Labute approximate surface area is 115 Å². The molecule has 2 rings (SSSR count). The summed E-state index contributed by atoms with van der Waals surface area (Å²) in [4.78, 5) is 1.08. The Morgan fingerprint density at radius 3 is 2.37 bits per heavy atom. The van der Waals surface area contributed by atoms with Crippen molar-refractivity contribution in [2.75, 3.05) is 6.54 Å². The van der Waals surface area contributed by atoms with E-state index in [-0.39, 0.29) is 22.6 Å². The van der Waals surface area contributed by atoms with Crippen LogP contribution in [0, 0.1) is 11.6 Å². The average Bonchev–Trinajstić information content (AvgIpc) is 3.10. The molecule has 0 bridgehead atoms. The van der Waals surface area contributed by atoms with Crippen molar-refractivity contribution in [2.24, 2.45) is 0 Å². The minimum Gasteiger partial charge on any atom is -0.287 e. The summed E-state index contributed by atoms with van der Waals surface area (Å²) >= 11 is 2.90. The quantitative estimate of drug-likeness (QED) is 0.583. The molecule has 1 aromatic rings. The highest BCUT2D eigenvalue weighted by Crippen LogP contribution is 2.33. The van der Waals surface area contributed by atoms with E-state index in [0.717, 1.165) is 11.0 Å². The van der Waals surface area contributed by atoms with Crippen LogP contribution in [0.15, 0.2) is 16.6 Å². The number of halogens is 6. The van der Waals surface area contributed by atoms with E-state index >= 15 is 0 Å². The fraction of sp³-hybridized carbons (Fsp3) is 0.500. The fourth-order valence-corrected chi connectivity index (χ4v) is 2.27. The molecule has 1 aliphatic rings. The Hall–Kier alpha value is -0.690. The molecule has 0 aromatic heterocycles. The van der Waals surface area contributed by atoms with Gasteiger partial charge in [0.25, 0.3) is 0 Å². The summed E-state index contributed by atoms with van der Waals surface area (Å²) in [5.41, 5.74) is -0.328. The van der Waals surface area contributed by atoms with E-state index < -0.39 is 24.4 Å². The summed E-state index contributed by atoms with van der Waals surface area (Å²) in [5, 5.41) is 0. The van der Waals surface area contributed by atoms with Crippen LogP contribution in [0.5, 0.6) is 0 Å². The third-order valence-corrected chi connectivity index (χ3v) is 3.56. The molecule has 0 saturated heterocycles. The van der Waals surface area contributed by atoms with E-state index in [0.29, 0.717) is 12.8 Å². The molecule has 1 aliphatic carbocycles. The van der Waals surface area contributed by atoms with Crippen molar-refractivity contribution in [3.8, 4) is 0 Å². The van der Waals surface area contributed by atoms with Crippen molar-refractivity contribution in [1.82, 2.24) is 4.90 Å². The Bertz CT molecular complexity index is 470. The van der Waals surface area contributed by atoms with Gasteiger partial charge in [-0.25, -0.2) is 8.78 Å². The molecule has 0 radical (unpaired) electrons. The molecular weight excluding hydrogens is 333 g/mol. The van der Waals surface area contributed by atoms with Gasteiger partial charge >= 0.3 is 6.18 Å². The highest BCUT2D eigenvalue weighted by Gasteiger charge is 2.38. The first-order chi connectivity index (χ1) is 8.78. The first-order valence-electron chi connectivity index (χ1n) is 5.71. The maximum atomic E-state index is 13.7. The Morgan fingerprint density at radius 1 is 1.21 bits per heavy atom. The zero-order chi connectivity index (χ0) is 14.2. The number of benzene rings is 1. The van der Waals surface area contributed by atoms with Crippen LogP contribution in [0.2, 0.25) is 0 Å². The van der Waals surface area contributed by atoms with E-state index in [1.54, 1.807) is 0 Å². The van der Waals surface area contributed by atoms with Crippen molar-refractivity contribution in [3.05, 3.63) is 33.8 Å². The summed E-state index contributed by atoms with van der Waals surface area (Å²) in [7, 11) is 0.